The largest absolute Gasteiger partial charge is 0.493 e. The summed E-state index contributed by atoms with van der Waals surface area (Å²) < 4.78 is 16.1. The summed E-state index contributed by atoms with van der Waals surface area (Å²) in [6.45, 7) is -0.345. The molecule has 31 heavy (non-hydrogen) atoms. The molecule has 3 rings (SSSR count). The summed E-state index contributed by atoms with van der Waals surface area (Å²) in [5, 5.41) is 3.07. The molecule has 2 amide bonds. The molecule has 0 unspecified atom stereocenters. The van der Waals surface area contributed by atoms with Crippen LogP contribution in [0.4, 0.5) is 0 Å². The first kappa shape index (κ1) is 21.7. The lowest BCUT2D eigenvalue weighted by atomic mass is 9.98. The average molecular weight is 420 g/mol. The van der Waals surface area contributed by atoms with Crippen LogP contribution in [0.2, 0.25) is 0 Å². The van der Waals surface area contributed by atoms with Gasteiger partial charge in [-0.2, -0.15) is 0 Å². The molecule has 7 heteroatoms. The fourth-order valence-electron chi connectivity index (χ4n) is 3.16. The van der Waals surface area contributed by atoms with Gasteiger partial charge in [0.25, 0.3) is 11.8 Å². The van der Waals surface area contributed by atoms with E-state index in [2.05, 4.69) is 5.32 Å². The SMILES string of the molecule is COc1cc(C(=O)NC(c2ccccc2)c2ccccc2)cc(OC)c1OCC(N)=O. The molecule has 0 spiro atoms. The van der Waals surface area contributed by atoms with E-state index < -0.39 is 5.91 Å². The predicted octanol–water partition coefficient (Wildman–Crippen LogP) is 3.09. The highest BCUT2D eigenvalue weighted by Gasteiger charge is 2.22. The van der Waals surface area contributed by atoms with Gasteiger partial charge in [0.1, 0.15) is 0 Å². The summed E-state index contributed by atoms with van der Waals surface area (Å²) in [5.74, 6) is -0.262. The van der Waals surface area contributed by atoms with Crippen LogP contribution in [-0.4, -0.2) is 32.6 Å². The van der Waals surface area contributed by atoms with Crippen LogP contribution in [0.25, 0.3) is 0 Å². The summed E-state index contributed by atoms with van der Waals surface area (Å²) in [6.07, 6.45) is 0. The number of nitrogens with two attached hydrogens (primary N) is 1. The maximum absolute atomic E-state index is 13.2. The molecule has 0 radical (unpaired) electrons. The molecule has 7 nitrogen and oxygen atoms in total. The van der Waals surface area contributed by atoms with Crippen molar-refractivity contribution in [2.45, 2.75) is 6.04 Å². The van der Waals surface area contributed by atoms with Crippen molar-refractivity contribution in [3.05, 3.63) is 89.5 Å². The second-order valence-corrected chi connectivity index (χ2v) is 6.69. The molecule has 160 valence electrons. The van der Waals surface area contributed by atoms with E-state index >= 15 is 0 Å². The molecule has 0 bridgehead atoms. The minimum Gasteiger partial charge on any atom is -0.493 e. The van der Waals surface area contributed by atoms with Gasteiger partial charge in [0.05, 0.1) is 20.3 Å². The number of hydrogen-bond acceptors (Lipinski definition) is 5. The number of amides is 2. The standard InChI is InChI=1S/C24H24N2O5/c1-29-19-13-18(14-20(30-2)23(19)31-15-21(25)27)24(28)26-22(16-9-5-3-6-10-16)17-11-7-4-8-12-17/h3-14,22H,15H2,1-2H3,(H2,25,27)(H,26,28). The Labute approximate surface area is 180 Å². The molecule has 0 atom stereocenters. The Bertz CT molecular complexity index is 974. The zero-order valence-electron chi connectivity index (χ0n) is 17.3. The molecular weight excluding hydrogens is 396 g/mol. The second-order valence-electron chi connectivity index (χ2n) is 6.69. The molecular formula is C24H24N2O5. The Morgan fingerprint density at radius 2 is 1.35 bits per heavy atom. The van der Waals surface area contributed by atoms with E-state index in [0.29, 0.717) is 5.56 Å². The van der Waals surface area contributed by atoms with Crippen LogP contribution in [0.5, 0.6) is 17.2 Å². The fourth-order valence-corrected chi connectivity index (χ4v) is 3.16. The van der Waals surface area contributed by atoms with Crippen molar-refractivity contribution in [1.29, 1.82) is 0 Å². The number of rotatable bonds is 9. The van der Waals surface area contributed by atoms with Gasteiger partial charge in [-0.3, -0.25) is 9.59 Å². The van der Waals surface area contributed by atoms with Crippen LogP contribution >= 0.6 is 0 Å². The van der Waals surface area contributed by atoms with Gasteiger partial charge in [0.2, 0.25) is 5.75 Å². The Morgan fingerprint density at radius 1 is 0.871 bits per heavy atom. The van der Waals surface area contributed by atoms with Gasteiger partial charge < -0.3 is 25.3 Å². The van der Waals surface area contributed by atoms with Crippen LogP contribution in [0, 0.1) is 0 Å². The number of benzene rings is 3. The third-order valence-electron chi connectivity index (χ3n) is 4.62. The third-order valence-corrected chi connectivity index (χ3v) is 4.62. The van der Waals surface area contributed by atoms with E-state index in [1.165, 1.54) is 26.4 Å². The Hall–Kier alpha value is -4.00. The zero-order chi connectivity index (χ0) is 22.2. The molecule has 0 heterocycles. The highest BCUT2D eigenvalue weighted by atomic mass is 16.5. The lowest BCUT2D eigenvalue weighted by Crippen LogP contribution is -2.29. The maximum Gasteiger partial charge on any atom is 0.255 e. The van der Waals surface area contributed by atoms with E-state index in [-0.39, 0.29) is 35.8 Å². The third kappa shape index (κ3) is 5.33. The minimum atomic E-state index is -0.639. The molecule has 0 aromatic heterocycles. The van der Waals surface area contributed by atoms with E-state index in [1.54, 1.807) is 0 Å². The summed E-state index contributed by atoms with van der Waals surface area (Å²) >= 11 is 0. The molecule has 3 aromatic rings. The first-order valence-corrected chi connectivity index (χ1v) is 9.61. The second kappa shape index (κ2) is 10.2. The van der Waals surface area contributed by atoms with Crippen molar-refractivity contribution in [3.63, 3.8) is 0 Å². The Balaban J connectivity index is 1.94. The van der Waals surface area contributed by atoms with Gasteiger partial charge in [0.15, 0.2) is 18.1 Å². The fraction of sp³-hybridized carbons (Fsp3) is 0.167. The van der Waals surface area contributed by atoms with Crippen molar-refractivity contribution in [2.75, 3.05) is 20.8 Å². The molecule has 0 aliphatic rings. The van der Waals surface area contributed by atoms with E-state index in [0.717, 1.165) is 11.1 Å². The highest BCUT2D eigenvalue weighted by molar-refractivity contribution is 5.96. The van der Waals surface area contributed by atoms with Crippen molar-refractivity contribution in [2.24, 2.45) is 5.73 Å². The van der Waals surface area contributed by atoms with Gasteiger partial charge in [-0.15, -0.1) is 0 Å². The normalized spacial score (nSPS) is 10.4. The number of methoxy groups -OCH3 is 2. The molecule has 0 saturated carbocycles. The summed E-state index contributed by atoms with van der Waals surface area (Å²) in [6, 6.07) is 22.1. The average Bonchev–Trinajstić information content (AvgIpc) is 2.81. The Kier molecular flexibility index (Phi) is 7.11. The molecule has 0 fully saturated rings. The quantitative estimate of drug-likeness (QED) is 0.554. The van der Waals surface area contributed by atoms with Crippen LogP contribution in [0.3, 0.4) is 0 Å². The number of ether oxygens (including phenoxy) is 3. The number of primary amides is 1. The summed E-state index contributed by atoms with van der Waals surface area (Å²) in [4.78, 5) is 24.3. The maximum atomic E-state index is 13.2. The molecule has 3 aromatic carbocycles. The van der Waals surface area contributed by atoms with E-state index in [1.807, 2.05) is 60.7 Å². The molecule has 0 aliphatic carbocycles. The number of hydrogen-bond donors (Lipinski definition) is 2. The number of carbonyl (C=O) groups is 2. The molecule has 0 aliphatic heterocycles. The van der Waals surface area contributed by atoms with Gasteiger partial charge in [-0.25, -0.2) is 0 Å². The zero-order valence-corrected chi connectivity index (χ0v) is 17.3. The smallest absolute Gasteiger partial charge is 0.255 e. The van der Waals surface area contributed by atoms with Crippen molar-refractivity contribution in [1.82, 2.24) is 5.32 Å². The van der Waals surface area contributed by atoms with Crippen molar-refractivity contribution < 1.29 is 23.8 Å². The van der Waals surface area contributed by atoms with Gasteiger partial charge in [0, 0.05) is 5.56 Å². The summed E-state index contributed by atoms with van der Waals surface area (Å²) in [7, 11) is 2.87. The van der Waals surface area contributed by atoms with Crippen molar-refractivity contribution >= 4 is 11.8 Å². The van der Waals surface area contributed by atoms with Crippen LogP contribution in [0.1, 0.15) is 27.5 Å². The van der Waals surface area contributed by atoms with Crippen LogP contribution in [0.15, 0.2) is 72.8 Å². The van der Waals surface area contributed by atoms with E-state index in [9.17, 15) is 9.59 Å². The van der Waals surface area contributed by atoms with Gasteiger partial charge in [-0.05, 0) is 23.3 Å². The van der Waals surface area contributed by atoms with Crippen LogP contribution in [-0.2, 0) is 4.79 Å². The topological polar surface area (TPSA) is 99.9 Å². The van der Waals surface area contributed by atoms with Gasteiger partial charge in [-0.1, -0.05) is 60.7 Å². The molecule has 3 N–H and O–H groups in total. The highest BCUT2D eigenvalue weighted by Crippen LogP contribution is 2.38. The number of carbonyl (C=O) groups excluding carboxylic acids is 2. The van der Waals surface area contributed by atoms with E-state index in [4.69, 9.17) is 19.9 Å². The molecule has 0 saturated heterocycles. The van der Waals surface area contributed by atoms with Crippen molar-refractivity contribution in [3.8, 4) is 17.2 Å². The lowest BCUT2D eigenvalue weighted by molar-refractivity contribution is -0.120. The first-order valence-electron chi connectivity index (χ1n) is 9.61. The minimum absolute atomic E-state index is 0.197. The van der Waals surface area contributed by atoms with Crippen LogP contribution < -0.4 is 25.3 Å². The Morgan fingerprint density at radius 3 is 1.77 bits per heavy atom. The summed E-state index contributed by atoms with van der Waals surface area (Å²) in [5.41, 5.74) is 7.37. The predicted molar refractivity (Wildman–Crippen MR) is 116 cm³/mol. The lowest BCUT2D eigenvalue weighted by Gasteiger charge is -2.21. The first-order chi connectivity index (χ1) is 15.0. The number of nitrogens with one attached hydrogen (secondary N) is 1. The van der Waals surface area contributed by atoms with Gasteiger partial charge >= 0.3 is 0 Å². The monoisotopic (exact) mass is 420 g/mol.